The van der Waals surface area contributed by atoms with Crippen molar-refractivity contribution in [1.29, 1.82) is 0 Å². The fourth-order valence-corrected chi connectivity index (χ4v) is 1.97. The summed E-state index contributed by atoms with van der Waals surface area (Å²) in [6.45, 7) is 1.70. The summed E-state index contributed by atoms with van der Waals surface area (Å²) in [6, 6.07) is 4.72. The maximum absolute atomic E-state index is 11.5. The van der Waals surface area contributed by atoms with Gasteiger partial charge >= 0.3 is 5.97 Å². The lowest BCUT2D eigenvalue weighted by molar-refractivity contribution is 0.0696. The van der Waals surface area contributed by atoms with E-state index in [4.69, 9.17) is 9.84 Å². The Morgan fingerprint density at radius 1 is 1.53 bits per heavy atom. The highest BCUT2D eigenvalue weighted by atomic mass is 32.2. The minimum Gasteiger partial charge on any atom is -0.478 e. The van der Waals surface area contributed by atoms with Gasteiger partial charge in [-0.15, -0.1) is 0 Å². The first-order chi connectivity index (χ1) is 7.06. The molecule has 1 N–H and O–H groups in total. The Morgan fingerprint density at radius 3 is 2.73 bits per heavy atom. The zero-order valence-electron chi connectivity index (χ0n) is 8.52. The molecule has 0 spiro atoms. The zero-order valence-corrected chi connectivity index (χ0v) is 9.34. The third kappa shape index (κ3) is 2.87. The number of rotatable bonds is 4. The number of methoxy groups -OCH3 is 1. The normalized spacial score (nSPS) is 12.4. The van der Waals surface area contributed by atoms with Gasteiger partial charge in [-0.25, -0.2) is 4.79 Å². The Hall–Kier alpha value is -1.20. The second kappa shape index (κ2) is 5.04. The van der Waals surface area contributed by atoms with E-state index in [1.165, 1.54) is 13.2 Å². The molecule has 5 heteroatoms. The Balaban J connectivity index is 3.07. The van der Waals surface area contributed by atoms with E-state index in [9.17, 15) is 9.00 Å². The SMILES string of the molecule is COCS(=O)c1ccc(C)c(C(=O)O)c1. The largest absolute Gasteiger partial charge is 0.478 e. The lowest BCUT2D eigenvalue weighted by atomic mass is 10.1. The molecule has 0 aliphatic heterocycles. The van der Waals surface area contributed by atoms with Crippen LogP contribution in [0, 0.1) is 6.92 Å². The van der Waals surface area contributed by atoms with Crippen LogP contribution in [-0.4, -0.2) is 28.3 Å². The van der Waals surface area contributed by atoms with Crippen LogP contribution in [0.25, 0.3) is 0 Å². The molecule has 0 aromatic heterocycles. The summed E-state index contributed by atoms with van der Waals surface area (Å²) in [6.07, 6.45) is 0. The van der Waals surface area contributed by atoms with Crippen LogP contribution in [0.4, 0.5) is 0 Å². The quantitative estimate of drug-likeness (QED) is 0.846. The van der Waals surface area contributed by atoms with Gasteiger partial charge in [0.25, 0.3) is 0 Å². The highest BCUT2D eigenvalue weighted by molar-refractivity contribution is 7.84. The van der Waals surface area contributed by atoms with Crippen LogP contribution < -0.4 is 0 Å². The molecule has 0 amide bonds. The van der Waals surface area contributed by atoms with Crippen molar-refractivity contribution >= 4 is 16.8 Å². The predicted octanol–water partition coefficient (Wildman–Crippen LogP) is 1.40. The van der Waals surface area contributed by atoms with Gasteiger partial charge in [0.15, 0.2) is 0 Å². The van der Waals surface area contributed by atoms with Gasteiger partial charge in [0, 0.05) is 12.0 Å². The van der Waals surface area contributed by atoms with Gasteiger partial charge < -0.3 is 9.84 Å². The van der Waals surface area contributed by atoms with Gasteiger partial charge in [-0.05, 0) is 24.6 Å². The van der Waals surface area contributed by atoms with Gasteiger partial charge in [0.05, 0.1) is 16.4 Å². The van der Waals surface area contributed by atoms with Gasteiger partial charge in [0.1, 0.15) is 5.94 Å². The average molecular weight is 228 g/mol. The summed E-state index contributed by atoms with van der Waals surface area (Å²) in [5.41, 5.74) is 0.831. The van der Waals surface area contributed by atoms with Crippen LogP contribution in [0.1, 0.15) is 15.9 Å². The van der Waals surface area contributed by atoms with Crippen LogP contribution in [0.3, 0.4) is 0 Å². The number of carbonyl (C=O) groups is 1. The smallest absolute Gasteiger partial charge is 0.335 e. The number of hydrogen-bond acceptors (Lipinski definition) is 3. The standard InChI is InChI=1S/C10H12O4S/c1-7-3-4-8(15(13)6-14-2)5-9(7)10(11)12/h3-5H,6H2,1-2H3,(H,11,12). The van der Waals surface area contributed by atoms with Crippen molar-refractivity contribution in [1.82, 2.24) is 0 Å². The molecule has 1 aromatic carbocycles. The lowest BCUT2D eigenvalue weighted by Gasteiger charge is -2.04. The summed E-state index contributed by atoms with van der Waals surface area (Å²) < 4.78 is 16.3. The summed E-state index contributed by atoms with van der Waals surface area (Å²) in [5.74, 6) is -0.939. The molecule has 0 fully saturated rings. The molecule has 0 saturated carbocycles. The van der Waals surface area contributed by atoms with E-state index in [0.29, 0.717) is 10.5 Å². The van der Waals surface area contributed by atoms with Crippen molar-refractivity contribution in [3.8, 4) is 0 Å². The highest BCUT2D eigenvalue weighted by Gasteiger charge is 2.10. The van der Waals surface area contributed by atoms with Gasteiger partial charge in [-0.2, -0.15) is 0 Å². The van der Waals surface area contributed by atoms with Crippen molar-refractivity contribution < 1.29 is 18.8 Å². The minimum absolute atomic E-state index is 0.0715. The van der Waals surface area contributed by atoms with Gasteiger partial charge in [0.2, 0.25) is 0 Å². The van der Waals surface area contributed by atoms with E-state index in [1.54, 1.807) is 19.1 Å². The molecule has 1 aromatic rings. The number of aryl methyl sites for hydroxylation is 1. The zero-order chi connectivity index (χ0) is 11.4. The number of carboxylic acid groups (broad SMARTS) is 1. The summed E-state index contributed by atoms with van der Waals surface area (Å²) in [5, 5.41) is 8.87. The molecule has 15 heavy (non-hydrogen) atoms. The third-order valence-electron chi connectivity index (χ3n) is 1.93. The molecular weight excluding hydrogens is 216 g/mol. The van der Waals surface area contributed by atoms with E-state index in [0.717, 1.165) is 0 Å². The van der Waals surface area contributed by atoms with Crippen molar-refractivity contribution in [3.05, 3.63) is 29.3 Å². The van der Waals surface area contributed by atoms with E-state index in [1.807, 2.05) is 0 Å². The molecule has 1 atom stereocenters. The van der Waals surface area contributed by atoms with Gasteiger partial charge in [-0.3, -0.25) is 4.21 Å². The molecule has 0 aliphatic carbocycles. The minimum atomic E-state index is -1.30. The molecule has 0 heterocycles. The molecular formula is C10H12O4S. The van der Waals surface area contributed by atoms with Crippen molar-refractivity contribution in [2.75, 3.05) is 13.0 Å². The second-order valence-corrected chi connectivity index (χ2v) is 4.43. The fraction of sp³-hybridized carbons (Fsp3) is 0.300. The number of carboxylic acids is 1. The molecule has 1 unspecified atom stereocenters. The Morgan fingerprint density at radius 2 is 2.20 bits per heavy atom. The summed E-state index contributed by atoms with van der Waals surface area (Å²) in [7, 11) is 0.145. The van der Waals surface area contributed by atoms with Crippen LogP contribution in [0.2, 0.25) is 0 Å². The number of ether oxygens (including phenoxy) is 1. The Bertz CT molecular complexity index is 400. The molecule has 4 nitrogen and oxygen atoms in total. The molecule has 0 bridgehead atoms. The first kappa shape index (κ1) is 11.9. The Kier molecular flexibility index (Phi) is 3.99. The van der Waals surface area contributed by atoms with E-state index >= 15 is 0 Å². The highest BCUT2D eigenvalue weighted by Crippen LogP contribution is 2.14. The summed E-state index contributed by atoms with van der Waals surface area (Å²) >= 11 is 0. The molecule has 82 valence electrons. The van der Waals surface area contributed by atoms with Crippen molar-refractivity contribution in [3.63, 3.8) is 0 Å². The van der Waals surface area contributed by atoms with Crippen LogP contribution in [-0.2, 0) is 15.5 Å². The van der Waals surface area contributed by atoms with E-state index < -0.39 is 16.8 Å². The van der Waals surface area contributed by atoms with Crippen molar-refractivity contribution in [2.24, 2.45) is 0 Å². The van der Waals surface area contributed by atoms with E-state index in [2.05, 4.69) is 0 Å². The number of benzene rings is 1. The molecule has 0 saturated heterocycles. The predicted molar refractivity (Wildman–Crippen MR) is 56.4 cm³/mol. The van der Waals surface area contributed by atoms with Crippen LogP contribution >= 0.6 is 0 Å². The fourth-order valence-electron chi connectivity index (χ4n) is 1.15. The summed E-state index contributed by atoms with van der Waals surface area (Å²) in [4.78, 5) is 11.3. The monoisotopic (exact) mass is 228 g/mol. The van der Waals surface area contributed by atoms with Crippen LogP contribution in [0.5, 0.6) is 0 Å². The first-order valence-electron chi connectivity index (χ1n) is 4.27. The topological polar surface area (TPSA) is 63.6 Å². The van der Waals surface area contributed by atoms with Crippen LogP contribution in [0.15, 0.2) is 23.1 Å². The Labute approximate surface area is 90.3 Å². The maximum Gasteiger partial charge on any atom is 0.335 e. The second-order valence-electron chi connectivity index (χ2n) is 3.03. The first-order valence-corrected chi connectivity index (χ1v) is 5.59. The third-order valence-corrected chi connectivity index (χ3v) is 3.16. The molecule has 0 radical (unpaired) electrons. The van der Waals surface area contributed by atoms with E-state index in [-0.39, 0.29) is 11.5 Å². The van der Waals surface area contributed by atoms with Crippen molar-refractivity contribution in [2.45, 2.75) is 11.8 Å². The molecule has 0 aliphatic rings. The lowest BCUT2D eigenvalue weighted by Crippen LogP contribution is -2.04. The maximum atomic E-state index is 11.5. The molecule has 1 rings (SSSR count). The number of aromatic carboxylic acids is 1. The average Bonchev–Trinajstić information content (AvgIpc) is 2.18. The van der Waals surface area contributed by atoms with Gasteiger partial charge in [-0.1, -0.05) is 6.07 Å². The number of hydrogen-bond donors (Lipinski definition) is 1.